The average molecular weight is 414 g/mol. The van der Waals surface area contributed by atoms with E-state index in [4.69, 9.17) is 9.47 Å². The van der Waals surface area contributed by atoms with Gasteiger partial charge in [0.1, 0.15) is 5.75 Å². The van der Waals surface area contributed by atoms with E-state index in [1.807, 2.05) is 24.3 Å². The van der Waals surface area contributed by atoms with Crippen molar-refractivity contribution in [3.05, 3.63) is 46.0 Å². The Bertz CT molecular complexity index is 1060. The molecule has 4 rings (SSSR count). The highest BCUT2D eigenvalue weighted by molar-refractivity contribution is 5.80. The molecule has 0 spiro atoms. The number of rotatable bonds is 7. The Labute approximate surface area is 175 Å². The quantitative estimate of drug-likeness (QED) is 0.588. The van der Waals surface area contributed by atoms with E-state index in [2.05, 4.69) is 27.4 Å². The zero-order valence-electron chi connectivity index (χ0n) is 17.7. The van der Waals surface area contributed by atoms with E-state index in [-0.39, 0.29) is 11.6 Å². The minimum atomic E-state index is -0.241. The van der Waals surface area contributed by atoms with Crippen LogP contribution in [0.2, 0.25) is 0 Å². The number of hydrogen-bond acceptors (Lipinski definition) is 6. The fourth-order valence-corrected chi connectivity index (χ4v) is 4.43. The van der Waals surface area contributed by atoms with E-state index < -0.39 is 0 Å². The molecule has 0 aliphatic carbocycles. The van der Waals surface area contributed by atoms with E-state index >= 15 is 0 Å². The first-order valence-electron chi connectivity index (χ1n) is 10.4. The van der Waals surface area contributed by atoms with Gasteiger partial charge in [-0.15, -0.1) is 5.10 Å². The average Bonchev–Trinajstić information content (AvgIpc) is 3.20. The third-order valence-electron chi connectivity index (χ3n) is 5.93. The fraction of sp³-hybridized carbons (Fsp3) is 0.524. The molecule has 1 aliphatic heterocycles. The van der Waals surface area contributed by atoms with Crippen LogP contribution in [0.3, 0.4) is 0 Å². The number of H-pyrrole nitrogens is 1. The number of pyridine rings is 1. The number of aromatic amines is 1. The number of ether oxygens (including phenoxy) is 2. The maximum absolute atomic E-state index is 13.2. The summed E-state index contributed by atoms with van der Waals surface area (Å²) < 4.78 is 12.3. The third kappa shape index (κ3) is 4.08. The lowest BCUT2D eigenvalue weighted by atomic mass is 9.95. The van der Waals surface area contributed by atoms with Crippen molar-refractivity contribution in [2.75, 3.05) is 33.9 Å². The summed E-state index contributed by atoms with van der Waals surface area (Å²) in [6, 6.07) is 7.44. The summed E-state index contributed by atoms with van der Waals surface area (Å²) in [6.45, 7) is 5.26. The van der Waals surface area contributed by atoms with E-state index in [1.165, 1.54) is 11.3 Å². The minimum Gasteiger partial charge on any atom is -0.497 e. The number of quaternary nitrogens is 1. The second-order valence-electron chi connectivity index (χ2n) is 8.05. The van der Waals surface area contributed by atoms with Crippen molar-refractivity contribution in [3.63, 3.8) is 0 Å². The number of methoxy groups -OCH3 is 2. The Hall–Kier alpha value is -2.78. The van der Waals surface area contributed by atoms with Crippen molar-refractivity contribution < 1.29 is 14.4 Å². The fourth-order valence-electron chi connectivity index (χ4n) is 4.43. The van der Waals surface area contributed by atoms with Gasteiger partial charge in [0.2, 0.25) is 5.82 Å². The molecule has 9 heteroatoms. The molecule has 1 aromatic carbocycles. The monoisotopic (exact) mass is 413 g/mol. The molecule has 0 amide bonds. The molecular formula is C21H29N6O3+. The number of nitrogens with one attached hydrogen (secondary N) is 2. The van der Waals surface area contributed by atoms with Crippen molar-refractivity contribution in [1.29, 1.82) is 0 Å². The number of likely N-dealkylation sites (tertiary alicyclic amines) is 1. The van der Waals surface area contributed by atoms with Crippen LogP contribution in [0.5, 0.6) is 5.75 Å². The standard InChI is InChI=1S/C21H28N6O3/c1-14-5-4-8-26(13-14)19(20-23-24-25-27(20)9-10-29-2)17-11-15-6-7-16(30-3)12-18(15)22-21(17)28/h6-7,11-12,14,19H,4-5,8-10,13H2,1-3H3,(H,22,28)/p+1/t14-,19-/m1/s1. The van der Waals surface area contributed by atoms with Crippen LogP contribution in [0.15, 0.2) is 29.1 Å². The van der Waals surface area contributed by atoms with E-state index in [0.29, 0.717) is 36.2 Å². The van der Waals surface area contributed by atoms with Gasteiger partial charge >= 0.3 is 0 Å². The molecular weight excluding hydrogens is 384 g/mol. The maximum atomic E-state index is 13.2. The first-order valence-corrected chi connectivity index (χ1v) is 10.4. The van der Waals surface area contributed by atoms with Gasteiger partial charge in [0.25, 0.3) is 5.56 Å². The van der Waals surface area contributed by atoms with Gasteiger partial charge in [-0.05, 0) is 46.9 Å². The number of aromatic nitrogens is 5. The van der Waals surface area contributed by atoms with Gasteiger partial charge in [-0.2, -0.15) is 0 Å². The summed E-state index contributed by atoms with van der Waals surface area (Å²) in [5.74, 6) is 2.00. The molecule has 3 aromatic rings. The zero-order chi connectivity index (χ0) is 21.1. The second kappa shape index (κ2) is 8.93. The van der Waals surface area contributed by atoms with Crippen LogP contribution in [-0.4, -0.2) is 59.1 Å². The highest BCUT2D eigenvalue weighted by atomic mass is 16.5. The van der Waals surface area contributed by atoms with E-state index in [0.717, 1.165) is 30.4 Å². The Morgan fingerprint density at radius 2 is 2.20 bits per heavy atom. The van der Waals surface area contributed by atoms with Crippen LogP contribution >= 0.6 is 0 Å². The Kier molecular flexibility index (Phi) is 6.10. The van der Waals surface area contributed by atoms with Gasteiger partial charge in [0.05, 0.1) is 44.4 Å². The van der Waals surface area contributed by atoms with Crippen molar-refractivity contribution >= 4 is 10.9 Å². The van der Waals surface area contributed by atoms with Gasteiger partial charge in [-0.3, -0.25) is 4.79 Å². The van der Waals surface area contributed by atoms with Crippen molar-refractivity contribution in [3.8, 4) is 5.75 Å². The largest absolute Gasteiger partial charge is 0.497 e. The van der Waals surface area contributed by atoms with Crippen molar-refractivity contribution in [2.24, 2.45) is 5.92 Å². The molecule has 2 aromatic heterocycles. The third-order valence-corrected chi connectivity index (χ3v) is 5.93. The van der Waals surface area contributed by atoms with Crippen LogP contribution in [-0.2, 0) is 11.3 Å². The van der Waals surface area contributed by atoms with Crippen LogP contribution in [0, 0.1) is 5.92 Å². The van der Waals surface area contributed by atoms with Crippen LogP contribution in [0.25, 0.3) is 10.9 Å². The van der Waals surface area contributed by atoms with Gasteiger partial charge in [-0.25, -0.2) is 4.68 Å². The van der Waals surface area contributed by atoms with Gasteiger partial charge in [-0.1, -0.05) is 6.92 Å². The lowest BCUT2D eigenvalue weighted by Gasteiger charge is -2.33. The number of benzene rings is 1. The lowest BCUT2D eigenvalue weighted by Crippen LogP contribution is -3.14. The zero-order valence-corrected chi connectivity index (χ0v) is 17.7. The summed E-state index contributed by atoms with van der Waals surface area (Å²) in [6.07, 6.45) is 2.33. The predicted molar refractivity (Wildman–Crippen MR) is 112 cm³/mol. The lowest BCUT2D eigenvalue weighted by molar-refractivity contribution is -0.934. The minimum absolute atomic E-state index is 0.118. The van der Waals surface area contributed by atoms with Crippen molar-refractivity contribution in [2.45, 2.75) is 32.4 Å². The molecule has 9 nitrogen and oxygen atoms in total. The number of hydrogen-bond donors (Lipinski definition) is 2. The van der Waals surface area contributed by atoms with Crippen LogP contribution < -0.4 is 15.2 Å². The molecule has 2 N–H and O–H groups in total. The summed E-state index contributed by atoms with van der Waals surface area (Å²) >= 11 is 0. The smallest absolute Gasteiger partial charge is 0.258 e. The molecule has 30 heavy (non-hydrogen) atoms. The maximum Gasteiger partial charge on any atom is 0.258 e. The van der Waals surface area contributed by atoms with Gasteiger partial charge in [0.15, 0.2) is 6.04 Å². The van der Waals surface area contributed by atoms with Crippen molar-refractivity contribution in [1.82, 2.24) is 25.2 Å². The summed E-state index contributed by atoms with van der Waals surface area (Å²) in [5, 5.41) is 13.4. The predicted octanol–water partition coefficient (Wildman–Crippen LogP) is 0.574. The number of tetrazole rings is 1. The second-order valence-corrected chi connectivity index (χ2v) is 8.05. The Morgan fingerprint density at radius 3 is 2.97 bits per heavy atom. The van der Waals surface area contributed by atoms with Crippen LogP contribution in [0.4, 0.5) is 0 Å². The number of nitrogens with zero attached hydrogens (tertiary/aromatic N) is 4. The first kappa shape index (κ1) is 20.5. The SMILES string of the molecule is COCCn1nnnc1[C@@H](c1cc2ccc(OC)cc2[nH]c1=O)[NH+]1CCC[C@@H](C)C1. The topological polar surface area (TPSA) is 99.4 Å². The molecule has 160 valence electrons. The molecule has 1 unspecified atom stereocenters. The van der Waals surface area contributed by atoms with E-state index in [9.17, 15) is 4.79 Å². The highest BCUT2D eigenvalue weighted by Gasteiger charge is 2.36. The number of piperidine rings is 1. The summed E-state index contributed by atoms with van der Waals surface area (Å²) in [5.41, 5.74) is 1.32. The summed E-state index contributed by atoms with van der Waals surface area (Å²) in [7, 11) is 3.27. The highest BCUT2D eigenvalue weighted by Crippen LogP contribution is 2.22. The van der Waals surface area contributed by atoms with Gasteiger partial charge in [0, 0.05) is 19.1 Å². The Morgan fingerprint density at radius 1 is 1.33 bits per heavy atom. The van der Waals surface area contributed by atoms with Crippen LogP contribution in [0.1, 0.15) is 37.2 Å². The molecule has 1 fully saturated rings. The molecule has 0 saturated carbocycles. The molecule has 1 aliphatic rings. The van der Waals surface area contributed by atoms with Gasteiger partial charge < -0.3 is 19.4 Å². The number of fused-ring (bicyclic) bond motifs is 1. The normalized spacial score (nSPS) is 20.4. The molecule has 1 saturated heterocycles. The summed E-state index contributed by atoms with van der Waals surface area (Å²) in [4.78, 5) is 17.6. The molecule has 3 atom stereocenters. The Balaban J connectivity index is 1.82. The molecule has 3 heterocycles. The van der Waals surface area contributed by atoms with E-state index in [1.54, 1.807) is 18.9 Å². The molecule has 0 bridgehead atoms. The first-order chi connectivity index (χ1) is 14.6. The molecule has 0 radical (unpaired) electrons.